The molecule has 0 spiro atoms. The Morgan fingerprint density at radius 3 is 2.76 bits per heavy atom. The molecule has 2 aliphatic heterocycles. The van der Waals surface area contributed by atoms with E-state index in [1.165, 1.54) is 22.4 Å². The molecule has 3 heterocycles. The van der Waals surface area contributed by atoms with Gasteiger partial charge in [-0.2, -0.15) is 5.10 Å². The van der Waals surface area contributed by atoms with Crippen molar-refractivity contribution < 1.29 is 9.47 Å². The molecule has 3 aromatic rings. The van der Waals surface area contributed by atoms with Crippen molar-refractivity contribution in [2.75, 3.05) is 12.1 Å². The normalized spacial score (nSPS) is 17.0. The van der Waals surface area contributed by atoms with Gasteiger partial charge in [-0.3, -0.25) is 0 Å². The zero-order valence-electron chi connectivity index (χ0n) is 14.5. The first-order chi connectivity index (χ1) is 12.1. The summed E-state index contributed by atoms with van der Waals surface area (Å²) >= 11 is 0. The average Bonchev–Trinajstić information content (AvgIpc) is 3.19. The topological polar surface area (TPSA) is 48.3 Å². The number of hydrogen-bond acceptors (Lipinski definition) is 4. The van der Waals surface area contributed by atoms with Gasteiger partial charge in [0.2, 0.25) is 6.79 Å². The van der Waals surface area contributed by atoms with E-state index in [1.807, 2.05) is 19.1 Å². The van der Waals surface area contributed by atoms with Crippen LogP contribution >= 0.6 is 0 Å². The number of aryl methyl sites for hydroxylation is 3. The first kappa shape index (κ1) is 14.4. The molecule has 0 radical (unpaired) electrons. The molecule has 2 aliphatic rings. The first-order valence-corrected chi connectivity index (χ1v) is 8.44. The molecule has 5 rings (SSSR count). The molecule has 0 amide bonds. The zero-order valence-corrected chi connectivity index (χ0v) is 14.5. The van der Waals surface area contributed by atoms with Gasteiger partial charge in [0.05, 0.1) is 11.4 Å². The second kappa shape index (κ2) is 5.02. The van der Waals surface area contributed by atoms with Crippen LogP contribution in [-0.4, -0.2) is 16.6 Å². The largest absolute Gasteiger partial charge is 0.454 e. The monoisotopic (exact) mass is 333 g/mol. The van der Waals surface area contributed by atoms with E-state index in [1.54, 1.807) is 0 Å². The highest BCUT2D eigenvalue weighted by Gasteiger charge is 2.28. The lowest BCUT2D eigenvalue weighted by atomic mass is 9.98. The van der Waals surface area contributed by atoms with Gasteiger partial charge in [0.25, 0.3) is 0 Å². The van der Waals surface area contributed by atoms with E-state index in [0.717, 1.165) is 28.5 Å². The number of nitrogens with zero attached hydrogens (tertiary/aromatic N) is 2. The number of benzene rings is 2. The minimum Gasteiger partial charge on any atom is -0.454 e. The number of nitrogens with one attached hydrogen (secondary N) is 1. The van der Waals surface area contributed by atoms with Gasteiger partial charge in [0.15, 0.2) is 11.5 Å². The molecule has 0 bridgehead atoms. The van der Waals surface area contributed by atoms with Crippen molar-refractivity contribution >= 4 is 5.69 Å². The van der Waals surface area contributed by atoms with Crippen LogP contribution in [0.2, 0.25) is 0 Å². The summed E-state index contributed by atoms with van der Waals surface area (Å²) in [6, 6.07) is 12.7. The van der Waals surface area contributed by atoms with Crippen molar-refractivity contribution in [1.82, 2.24) is 9.78 Å². The minimum absolute atomic E-state index is 0.0768. The summed E-state index contributed by atoms with van der Waals surface area (Å²) < 4.78 is 13.1. The fourth-order valence-corrected chi connectivity index (χ4v) is 3.78. The third-order valence-corrected chi connectivity index (χ3v) is 4.85. The van der Waals surface area contributed by atoms with E-state index in [4.69, 9.17) is 14.6 Å². The molecule has 5 heteroatoms. The number of fused-ring (bicyclic) bond motifs is 4. The van der Waals surface area contributed by atoms with Gasteiger partial charge in [-0.1, -0.05) is 17.7 Å². The second-order valence-corrected chi connectivity index (χ2v) is 6.78. The van der Waals surface area contributed by atoms with Crippen molar-refractivity contribution in [1.29, 1.82) is 0 Å². The predicted octanol–water partition coefficient (Wildman–Crippen LogP) is 4.18. The summed E-state index contributed by atoms with van der Waals surface area (Å²) in [7, 11) is 0. The van der Waals surface area contributed by atoms with Crippen molar-refractivity contribution in [2.24, 2.45) is 0 Å². The van der Waals surface area contributed by atoms with E-state index in [2.05, 4.69) is 48.1 Å². The number of rotatable bonds is 1. The average molecular weight is 333 g/mol. The van der Waals surface area contributed by atoms with Crippen LogP contribution in [0.1, 0.15) is 28.6 Å². The number of ether oxygens (including phenoxy) is 2. The molecule has 0 saturated heterocycles. The summed E-state index contributed by atoms with van der Waals surface area (Å²) in [6.45, 7) is 6.59. The van der Waals surface area contributed by atoms with Crippen LogP contribution in [0.4, 0.5) is 5.69 Å². The van der Waals surface area contributed by atoms with Crippen LogP contribution in [0, 0.1) is 20.8 Å². The number of aromatic nitrogens is 2. The lowest BCUT2D eigenvalue weighted by molar-refractivity contribution is 0.174. The van der Waals surface area contributed by atoms with Crippen LogP contribution in [0.5, 0.6) is 11.5 Å². The molecule has 25 heavy (non-hydrogen) atoms. The van der Waals surface area contributed by atoms with Crippen molar-refractivity contribution in [3.63, 3.8) is 0 Å². The van der Waals surface area contributed by atoms with Gasteiger partial charge in [0, 0.05) is 16.8 Å². The molecule has 0 saturated carbocycles. The van der Waals surface area contributed by atoms with Gasteiger partial charge in [-0.15, -0.1) is 0 Å². The van der Waals surface area contributed by atoms with Gasteiger partial charge >= 0.3 is 0 Å². The fourth-order valence-electron chi connectivity index (χ4n) is 3.78. The Balaban J connectivity index is 1.69. The summed E-state index contributed by atoms with van der Waals surface area (Å²) in [5.41, 5.74) is 8.11. The zero-order chi connectivity index (χ0) is 17.1. The Morgan fingerprint density at radius 1 is 1.04 bits per heavy atom. The summed E-state index contributed by atoms with van der Waals surface area (Å²) in [5.74, 6) is 1.58. The van der Waals surface area contributed by atoms with E-state index in [9.17, 15) is 0 Å². The lowest BCUT2D eigenvalue weighted by Gasteiger charge is -2.30. The lowest BCUT2D eigenvalue weighted by Crippen LogP contribution is -2.26. The Morgan fingerprint density at radius 2 is 1.88 bits per heavy atom. The molecule has 1 aromatic heterocycles. The van der Waals surface area contributed by atoms with Crippen LogP contribution in [0.25, 0.3) is 11.3 Å². The van der Waals surface area contributed by atoms with E-state index in [0.29, 0.717) is 0 Å². The molecule has 2 aromatic carbocycles. The number of anilines is 1. The Kier molecular flexibility index (Phi) is 2.89. The van der Waals surface area contributed by atoms with Crippen molar-refractivity contribution in [2.45, 2.75) is 26.9 Å². The SMILES string of the molecule is Cc1cc(C)c2c(c1)-c1cc(C)nn1[C@@H](c1ccc3c(c1)OCO3)N2. The summed E-state index contributed by atoms with van der Waals surface area (Å²) in [6.07, 6.45) is -0.0768. The molecule has 1 N–H and O–H groups in total. The van der Waals surface area contributed by atoms with E-state index in [-0.39, 0.29) is 13.0 Å². The van der Waals surface area contributed by atoms with E-state index >= 15 is 0 Å². The van der Waals surface area contributed by atoms with Gasteiger partial charge < -0.3 is 14.8 Å². The molecule has 0 unspecified atom stereocenters. The Labute approximate surface area is 146 Å². The molecule has 126 valence electrons. The smallest absolute Gasteiger partial charge is 0.231 e. The highest BCUT2D eigenvalue weighted by Crippen LogP contribution is 2.42. The van der Waals surface area contributed by atoms with Crippen LogP contribution < -0.4 is 14.8 Å². The van der Waals surface area contributed by atoms with Crippen LogP contribution in [0.3, 0.4) is 0 Å². The predicted molar refractivity (Wildman–Crippen MR) is 96.2 cm³/mol. The molecule has 1 atom stereocenters. The maximum Gasteiger partial charge on any atom is 0.231 e. The highest BCUT2D eigenvalue weighted by molar-refractivity contribution is 5.82. The molecular formula is C20H19N3O2. The quantitative estimate of drug-likeness (QED) is 0.726. The summed E-state index contributed by atoms with van der Waals surface area (Å²) in [5, 5.41) is 8.42. The Bertz CT molecular complexity index is 1010. The molecule has 5 nitrogen and oxygen atoms in total. The standard InChI is InChI=1S/C20H19N3O2/c1-11-6-12(2)19-15(7-11)16-8-13(3)22-23(16)20(21-19)14-4-5-17-18(9-14)25-10-24-17/h4-9,20-21H,10H2,1-3H3/t20-/m0/s1. The fraction of sp³-hybridized carbons (Fsp3) is 0.250. The van der Waals surface area contributed by atoms with Crippen molar-refractivity contribution in [3.05, 3.63) is 58.8 Å². The van der Waals surface area contributed by atoms with Gasteiger partial charge in [0.1, 0.15) is 6.17 Å². The van der Waals surface area contributed by atoms with Crippen molar-refractivity contribution in [3.8, 4) is 22.8 Å². The molecule has 0 aliphatic carbocycles. The van der Waals surface area contributed by atoms with E-state index < -0.39 is 0 Å². The maximum atomic E-state index is 5.55. The van der Waals surface area contributed by atoms with Crippen LogP contribution in [-0.2, 0) is 0 Å². The third kappa shape index (κ3) is 2.12. The van der Waals surface area contributed by atoms with Gasteiger partial charge in [-0.25, -0.2) is 4.68 Å². The third-order valence-electron chi connectivity index (χ3n) is 4.85. The highest BCUT2D eigenvalue weighted by atomic mass is 16.7. The summed E-state index contributed by atoms with van der Waals surface area (Å²) in [4.78, 5) is 0. The van der Waals surface area contributed by atoms with Crippen LogP contribution in [0.15, 0.2) is 36.4 Å². The number of hydrogen-bond donors (Lipinski definition) is 1. The van der Waals surface area contributed by atoms with Gasteiger partial charge in [-0.05, 0) is 50.6 Å². The second-order valence-electron chi connectivity index (χ2n) is 6.78. The molecule has 0 fully saturated rings. The molecular weight excluding hydrogens is 314 g/mol. The minimum atomic E-state index is -0.0768. The first-order valence-electron chi connectivity index (χ1n) is 8.44. The Hall–Kier alpha value is -2.95. The maximum absolute atomic E-state index is 5.55.